The number of thiazole rings is 1. The van der Waals surface area contributed by atoms with E-state index in [9.17, 15) is 13.2 Å². The van der Waals surface area contributed by atoms with Crippen molar-refractivity contribution in [2.75, 3.05) is 32.1 Å². The molecule has 2 heterocycles. The highest BCUT2D eigenvalue weighted by Gasteiger charge is 2.33. The fraction of sp³-hybridized carbons (Fsp3) is 0.474. The van der Waals surface area contributed by atoms with Crippen LogP contribution >= 0.6 is 35.3 Å². The first-order valence-electron chi connectivity index (χ1n) is 9.27. The molecule has 1 fully saturated rings. The number of hydrogen-bond donors (Lipinski definition) is 2. The normalized spacial score (nSPS) is 17.3. The number of anilines is 1. The van der Waals surface area contributed by atoms with Gasteiger partial charge in [0, 0.05) is 31.6 Å². The third kappa shape index (κ3) is 6.37. The number of guanidine groups is 1. The van der Waals surface area contributed by atoms with Gasteiger partial charge in [0.1, 0.15) is 10.8 Å². The quantitative estimate of drug-likeness (QED) is 0.331. The summed E-state index contributed by atoms with van der Waals surface area (Å²) < 4.78 is 43.5. The lowest BCUT2D eigenvalue weighted by molar-refractivity contribution is -0.140. The minimum atomic E-state index is -4.42. The lowest BCUT2D eigenvalue weighted by Crippen LogP contribution is -2.51. The summed E-state index contributed by atoms with van der Waals surface area (Å²) >= 11 is 0.978. The molecule has 6 nitrogen and oxygen atoms in total. The van der Waals surface area contributed by atoms with Crippen molar-refractivity contribution in [2.45, 2.75) is 31.6 Å². The Bertz CT molecular complexity index is 846. The summed E-state index contributed by atoms with van der Waals surface area (Å²) in [6.07, 6.45) is -2.44. The molecule has 30 heavy (non-hydrogen) atoms. The third-order valence-corrected chi connectivity index (χ3v) is 5.51. The standard InChI is InChI=1S/C19H24F3N5OS.HI/c1-23-18(24-10-17-26-16(12-29-17)19(20,21)22)25-13-6-5-9-27(11-13)14-7-3-4-8-15(14)28-2;/h3-4,7-8,12-13H,5-6,9-11H2,1-2H3,(H2,23,24,25);1H. The van der Waals surface area contributed by atoms with Gasteiger partial charge in [0.05, 0.1) is 19.3 Å². The van der Waals surface area contributed by atoms with E-state index in [1.54, 1.807) is 14.2 Å². The molecule has 0 saturated carbocycles. The van der Waals surface area contributed by atoms with Gasteiger partial charge >= 0.3 is 6.18 Å². The highest BCUT2D eigenvalue weighted by molar-refractivity contribution is 14.0. The number of nitrogens with one attached hydrogen (secondary N) is 2. The predicted octanol–water partition coefficient (Wildman–Crippen LogP) is 4.12. The van der Waals surface area contributed by atoms with Crippen LogP contribution in [0.15, 0.2) is 34.6 Å². The monoisotopic (exact) mass is 555 g/mol. The van der Waals surface area contributed by atoms with E-state index < -0.39 is 11.9 Å². The molecule has 1 aromatic heterocycles. The number of piperidine rings is 1. The predicted molar refractivity (Wildman–Crippen MR) is 124 cm³/mol. The largest absolute Gasteiger partial charge is 0.495 e. The minimum Gasteiger partial charge on any atom is -0.495 e. The zero-order chi connectivity index (χ0) is 20.9. The number of benzene rings is 1. The summed E-state index contributed by atoms with van der Waals surface area (Å²) in [6.45, 7) is 1.89. The van der Waals surface area contributed by atoms with Crippen LogP contribution in [0.3, 0.4) is 0 Å². The Balaban J connectivity index is 0.00000320. The van der Waals surface area contributed by atoms with Crippen molar-refractivity contribution >= 4 is 47.0 Å². The highest BCUT2D eigenvalue weighted by Crippen LogP contribution is 2.31. The Labute approximate surface area is 195 Å². The number of aromatic nitrogens is 1. The van der Waals surface area contributed by atoms with E-state index in [4.69, 9.17) is 4.74 Å². The number of halogens is 4. The number of nitrogens with zero attached hydrogens (tertiary/aromatic N) is 3. The van der Waals surface area contributed by atoms with E-state index in [1.165, 1.54) is 0 Å². The smallest absolute Gasteiger partial charge is 0.434 e. The molecular formula is C19H25F3IN5OS. The molecule has 1 atom stereocenters. The van der Waals surface area contributed by atoms with Gasteiger partial charge in [-0.05, 0) is 25.0 Å². The second-order valence-electron chi connectivity index (χ2n) is 6.65. The topological polar surface area (TPSA) is 61.8 Å². The number of para-hydroxylation sites is 2. The molecular weight excluding hydrogens is 530 g/mol. The Morgan fingerprint density at radius 3 is 2.80 bits per heavy atom. The molecule has 1 saturated heterocycles. The molecule has 2 N–H and O–H groups in total. The van der Waals surface area contributed by atoms with E-state index in [-0.39, 0.29) is 36.6 Å². The van der Waals surface area contributed by atoms with Gasteiger partial charge in [-0.15, -0.1) is 35.3 Å². The van der Waals surface area contributed by atoms with E-state index in [2.05, 4.69) is 25.5 Å². The Kier molecular flexibility index (Phi) is 9.01. The van der Waals surface area contributed by atoms with Gasteiger partial charge in [0.25, 0.3) is 0 Å². The molecule has 0 radical (unpaired) electrons. The molecule has 0 spiro atoms. The Hall–Kier alpha value is -1.76. The second kappa shape index (κ2) is 11.0. The first kappa shape index (κ1) is 24.5. The van der Waals surface area contributed by atoms with Crippen LogP contribution in [0, 0.1) is 0 Å². The lowest BCUT2D eigenvalue weighted by atomic mass is 10.0. The number of hydrogen-bond acceptors (Lipinski definition) is 5. The number of aliphatic imine (C=N–C) groups is 1. The van der Waals surface area contributed by atoms with Gasteiger partial charge < -0.3 is 20.3 Å². The molecule has 11 heteroatoms. The SMILES string of the molecule is CN=C(NCc1nc(C(F)(F)F)cs1)NC1CCCN(c2ccccc2OC)C1.I. The molecule has 1 unspecified atom stereocenters. The molecule has 0 bridgehead atoms. The molecule has 1 aromatic carbocycles. The van der Waals surface area contributed by atoms with Crippen LogP contribution in [0.4, 0.5) is 18.9 Å². The number of ether oxygens (including phenoxy) is 1. The summed E-state index contributed by atoms with van der Waals surface area (Å²) in [6, 6.07) is 8.06. The van der Waals surface area contributed by atoms with Crippen molar-refractivity contribution in [3.8, 4) is 5.75 Å². The van der Waals surface area contributed by atoms with Crippen molar-refractivity contribution in [2.24, 2.45) is 4.99 Å². The van der Waals surface area contributed by atoms with Crippen molar-refractivity contribution in [1.82, 2.24) is 15.6 Å². The van der Waals surface area contributed by atoms with Crippen molar-refractivity contribution in [1.29, 1.82) is 0 Å². The van der Waals surface area contributed by atoms with Crippen LogP contribution in [0.2, 0.25) is 0 Å². The van der Waals surface area contributed by atoms with E-state index >= 15 is 0 Å². The summed E-state index contributed by atoms with van der Waals surface area (Å²) in [5.74, 6) is 1.38. The van der Waals surface area contributed by atoms with Crippen LogP contribution in [0.5, 0.6) is 5.75 Å². The molecule has 0 aliphatic carbocycles. The van der Waals surface area contributed by atoms with Gasteiger partial charge in [0.15, 0.2) is 11.7 Å². The number of methoxy groups -OCH3 is 1. The highest BCUT2D eigenvalue weighted by atomic mass is 127. The molecule has 166 valence electrons. The number of rotatable bonds is 5. The lowest BCUT2D eigenvalue weighted by Gasteiger charge is -2.36. The molecule has 0 amide bonds. The summed E-state index contributed by atoms with van der Waals surface area (Å²) in [7, 11) is 3.30. The fourth-order valence-corrected chi connectivity index (χ4v) is 4.01. The van der Waals surface area contributed by atoms with Crippen LogP contribution in [-0.2, 0) is 12.7 Å². The molecule has 2 aromatic rings. The third-order valence-electron chi connectivity index (χ3n) is 4.66. The molecule has 1 aliphatic rings. The van der Waals surface area contributed by atoms with Gasteiger partial charge in [-0.3, -0.25) is 4.99 Å². The summed E-state index contributed by atoms with van der Waals surface area (Å²) in [5.41, 5.74) is 0.189. The van der Waals surface area contributed by atoms with E-state index in [0.717, 1.165) is 54.1 Å². The van der Waals surface area contributed by atoms with Gasteiger partial charge in [0.2, 0.25) is 0 Å². The summed E-state index contributed by atoms with van der Waals surface area (Å²) in [5, 5.41) is 7.80. The zero-order valence-electron chi connectivity index (χ0n) is 16.7. The van der Waals surface area contributed by atoms with Gasteiger partial charge in [-0.1, -0.05) is 12.1 Å². The maximum absolute atomic E-state index is 12.7. The van der Waals surface area contributed by atoms with Crippen LogP contribution in [0.1, 0.15) is 23.5 Å². The maximum Gasteiger partial charge on any atom is 0.434 e. The first-order valence-corrected chi connectivity index (χ1v) is 10.2. The van der Waals surface area contributed by atoms with E-state index in [0.29, 0.717) is 11.0 Å². The van der Waals surface area contributed by atoms with Crippen molar-refractivity contribution in [3.05, 3.63) is 40.3 Å². The number of alkyl halides is 3. The average molecular weight is 555 g/mol. The minimum absolute atomic E-state index is 0. The average Bonchev–Trinajstić information content (AvgIpc) is 3.21. The Morgan fingerprint density at radius 2 is 2.13 bits per heavy atom. The van der Waals surface area contributed by atoms with Crippen LogP contribution < -0.4 is 20.3 Å². The fourth-order valence-electron chi connectivity index (χ4n) is 3.27. The van der Waals surface area contributed by atoms with E-state index in [1.807, 2.05) is 24.3 Å². The van der Waals surface area contributed by atoms with Gasteiger partial charge in [-0.2, -0.15) is 13.2 Å². The van der Waals surface area contributed by atoms with Gasteiger partial charge in [-0.25, -0.2) is 4.98 Å². The summed E-state index contributed by atoms with van der Waals surface area (Å²) in [4.78, 5) is 10.1. The van der Waals surface area contributed by atoms with Crippen molar-refractivity contribution < 1.29 is 17.9 Å². The molecule has 1 aliphatic heterocycles. The second-order valence-corrected chi connectivity index (χ2v) is 7.59. The maximum atomic E-state index is 12.7. The molecule has 3 rings (SSSR count). The zero-order valence-corrected chi connectivity index (χ0v) is 19.8. The first-order chi connectivity index (χ1) is 13.9. The van der Waals surface area contributed by atoms with Crippen LogP contribution in [-0.4, -0.2) is 44.2 Å². The Morgan fingerprint density at radius 1 is 1.37 bits per heavy atom. The van der Waals surface area contributed by atoms with Crippen LogP contribution in [0.25, 0.3) is 0 Å². The van der Waals surface area contributed by atoms with Crippen molar-refractivity contribution in [3.63, 3.8) is 0 Å².